The van der Waals surface area contributed by atoms with Crippen LogP contribution in [0.15, 0.2) is 6.33 Å². The molecule has 5 nitrogen and oxygen atoms in total. The molecule has 5 heteroatoms. The molecule has 2 unspecified atom stereocenters. The van der Waals surface area contributed by atoms with Gasteiger partial charge in [-0.15, -0.1) is 0 Å². The van der Waals surface area contributed by atoms with Crippen LogP contribution in [-0.4, -0.2) is 64.6 Å². The summed E-state index contributed by atoms with van der Waals surface area (Å²) in [6.45, 7) is 13.8. The van der Waals surface area contributed by atoms with E-state index in [1.807, 2.05) is 0 Å². The number of piperazine rings is 1. The van der Waals surface area contributed by atoms with E-state index in [1.54, 1.807) is 6.33 Å². The highest BCUT2D eigenvalue weighted by molar-refractivity contribution is 5.50. The second-order valence-corrected chi connectivity index (χ2v) is 8.96. The molecule has 1 saturated heterocycles. The molecular formula is C22H37N5. The van der Waals surface area contributed by atoms with Crippen LogP contribution in [0.3, 0.4) is 0 Å². The molecule has 0 spiro atoms. The number of rotatable bonds is 6. The molecule has 27 heavy (non-hydrogen) atoms. The van der Waals surface area contributed by atoms with Gasteiger partial charge in [0.15, 0.2) is 0 Å². The molecule has 2 aliphatic heterocycles. The summed E-state index contributed by atoms with van der Waals surface area (Å²) in [5, 5.41) is 0. The van der Waals surface area contributed by atoms with Crippen molar-refractivity contribution in [3.63, 3.8) is 0 Å². The van der Waals surface area contributed by atoms with Crippen molar-refractivity contribution < 1.29 is 0 Å². The molecule has 0 N–H and O–H groups in total. The maximum Gasteiger partial charge on any atom is 0.135 e. The molecule has 3 heterocycles. The van der Waals surface area contributed by atoms with Gasteiger partial charge >= 0.3 is 0 Å². The van der Waals surface area contributed by atoms with E-state index < -0.39 is 0 Å². The summed E-state index contributed by atoms with van der Waals surface area (Å²) in [5.41, 5.74) is 2.68. The predicted octanol–water partition coefficient (Wildman–Crippen LogP) is 3.33. The van der Waals surface area contributed by atoms with E-state index in [0.717, 1.165) is 44.6 Å². The van der Waals surface area contributed by atoms with Crippen molar-refractivity contribution in [3.05, 3.63) is 17.6 Å². The molecule has 2 atom stereocenters. The van der Waals surface area contributed by atoms with Gasteiger partial charge in [-0.05, 0) is 38.5 Å². The monoisotopic (exact) mass is 371 g/mol. The summed E-state index contributed by atoms with van der Waals surface area (Å²) in [4.78, 5) is 17.3. The van der Waals surface area contributed by atoms with Crippen LogP contribution < -0.4 is 4.90 Å². The summed E-state index contributed by atoms with van der Waals surface area (Å²) >= 11 is 0. The average molecular weight is 372 g/mol. The normalized spacial score (nSPS) is 24.3. The van der Waals surface area contributed by atoms with Crippen molar-refractivity contribution in [2.24, 2.45) is 5.92 Å². The van der Waals surface area contributed by atoms with Crippen molar-refractivity contribution >= 4 is 5.82 Å². The molecule has 4 rings (SSSR count). The molecule has 1 aromatic heterocycles. The molecule has 2 fully saturated rings. The SMILES string of the molecule is CCCC(C)C(C)N1CCc2c(ncnc2N2CCN(C3CCC3)CC2)C1. The fraction of sp³-hybridized carbons (Fsp3) is 0.818. The molecule has 1 aromatic rings. The lowest BCUT2D eigenvalue weighted by Crippen LogP contribution is -2.52. The van der Waals surface area contributed by atoms with Crippen LogP contribution in [0.25, 0.3) is 0 Å². The Morgan fingerprint density at radius 1 is 1.07 bits per heavy atom. The number of anilines is 1. The van der Waals surface area contributed by atoms with Crippen LogP contribution >= 0.6 is 0 Å². The van der Waals surface area contributed by atoms with Crippen LogP contribution in [0.4, 0.5) is 5.82 Å². The lowest BCUT2D eigenvalue weighted by Gasteiger charge is -2.44. The molecule has 1 saturated carbocycles. The van der Waals surface area contributed by atoms with E-state index in [-0.39, 0.29) is 0 Å². The van der Waals surface area contributed by atoms with E-state index in [2.05, 4.69) is 40.5 Å². The Morgan fingerprint density at radius 3 is 2.52 bits per heavy atom. The summed E-state index contributed by atoms with van der Waals surface area (Å²) in [6.07, 6.45) is 9.73. The Bertz CT molecular complexity index is 621. The Morgan fingerprint density at radius 2 is 1.85 bits per heavy atom. The van der Waals surface area contributed by atoms with Crippen LogP contribution in [0, 0.1) is 5.92 Å². The Kier molecular flexibility index (Phi) is 5.98. The largest absolute Gasteiger partial charge is 0.354 e. The lowest BCUT2D eigenvalue weighted by molar-refractivity contribution is 0.120. The van der Waals surface area contributed by atoms with E-state index in [0.29, 0.717) is 6.04 Å². The van der Waals surface area contributed by atoms with Gasteiger partial charge in [0.1, 0.15) is 12.1 Å². The molecule has 3 aliphatic rings. The van der Waals surface area contributed by atoms with E-state index in [4.69, 9.17) is 4.98 Å². The Balaban J connectivity index is 1.42. The van der Waals surface area contributed by atoms with Gasteiger partial charge in [-0.3, -0.25) is 9.80 Å². The van der Waals surface area contributed by atoms with Gasteiger partial charge in [-0.2, -0.15) is 0 Å². The molecule has 0 aromatic carbocycles. The van der Waals surface area contributed by atoms with Gasteiger partial charge in [0.05, 0.1) is 5.69 Å². The third-order valence-electron chi connectivity index (χ3n) is 7.36. The first-order chi connectivity index (χ1) is 13.2. The van der Waals surface area contributed by atoms with Crippen molar-refractivity contribution in [2.75, 3.05) is 37.6 Å². The number of fused-ring (bicyclic) bond motifs is 1. The quantitative estimate of drug-likeness (QED) is 0.766. The summed E-state index contributed by atoms with van der Waals surface area (Å²) in [7, 11) is 0. The maximum atomic E-state index is 4.73. The predicted molar refractivity (Wildman–Crippen MR) is 111 cm³/mol. The average Bonchev–Trinajstić information content (AvgIpc) is 2.66. The molecule has 0 bridgehead atoms. The molecule has 0 amide bonds. The second-order valence-electron chi connectivity index (χ2n) is 8.96. The van der Waals surface area contributed by atoms with Crippen LogP contribution in [0.5, 0.6) is 0 Å². The first-order valence-electron chi connectivity index (χ1n) is 11.2. The fourth-order valence-corrected chi connectivity index (χ4v) is 5.08. The lowest BCUT2D eigenvalue weighted by atomic mass is 9.91. The van der Waals surface area contributed by atoms with Crippen molar-refractivity contribution in [1.29, 1.82) is 0 Å². The summed E-state index contributed by atoms with van der Waals surface area (Å²) in [5.74, 6) is 1.97. The Hall–Kier alpha value is -1.20. The number of hydrogen-bond acceptors (Lipinski definition) is 5. The van der Waals surface area contributed by atoms with Gasteiger partial charge in [0.25, 0.3) is 0 Å². The molecular weight excluding hydrogens is 334 g/mol. The highest BCUT2D eigenvalue weighted by Crippen LogP contribution is 2.30. The van der Waals surface area contributed by atoms with Crippen molar-refractivity contribution in [3.8, 4) is 0 Å². The van der Waals surface area contributed by atoms with Crippen LogP contribution in [0.2, 0.25) is 0 Å². The van der Waals surface area contributed by atoms with Crippen molar-refractivity contribution in [1.82, 2.24) is 19.8 Å². The minimum Gasteiger partial charge on any atom is -0.354 e. The molecule has 150 valence electrons. The zero-order valence-electron chi connectivity index (χ0n) is 17.5. The van der Waals surface area contributed by atoms with Gasteiger partial charge in [-0.1, -0.05) is 26.7 Å². The van der Waals surface area contributed by atoms with Crippen molar-refractivity contribution in [2.45, 2.75) is 77.9 Å². The zero-order valence-corrected chi connectivity index (χ0v) is 17.5. The third kappa shape index (κ3) is 4.00. The standard InChI is InChI=1S/C22H37N5/c1-4-6-17(2)18(3)27-10-9-20-21(15-27)23-16-24-22(20)26-13-11-25(12-14-26)19-7-5-8-19/h16-19H,4-15H2,1-3H3. The van der Waals surface area contributed by atoms with E-state index in [1.165, 1.54) is 62.3 Å². The number of hydrogen-bond donors (Lipinski definition) is 0. The van der Waals surface area contributed by atoms with Crippen LogP contribution in [0.1, 0.15) is 64.1 Å². The van der Waals surface area contributed by atoms with E-state index in [9.17, 15) is 0 Å². The Labute approximate surface area is 165 Å². The highest BCUT2D eigenvalue weighted by atomic mass is 15.3. The highest BCUT2D eigenvalue weighted by Gasteiger charge is 2.31. The van der Waals surface area contributed by atoms with Crippen LogP contribution in [-0.2, 0) is 13.0 Å². The smallest absolute Gasteiger partial charge is 0.135 e. The van der Waals surface area contributed by atoms with Gasteiger partial charge < -0.3 is 4.90 Å². The van der Waals surface area contributed by atoms with Gasteiger partial charge in [0.2, 0.25) is 0 Å². The minimum atomic E-state index is 0.627. The third-order valence-corrected chi connectivity index (χ3v) is 7.36. The number of aromatic nitrogens is 2. The fourth-order valence-electron chi connectivity index (χ4n) is 5.08. The summed E-state index contributed by atoms with van der Waals surface area (Å²) < 4.78 is 0. The first kappa shape index (κ1) is 19.1. The summed E-state index contributed by atoms with van der Waals surface area (Å²) in [6, 6.07) is 1.49. The van der Waals surface area contributed by atoms with Gasteiger partial charge in [-0.25, -0.2) is 9.97 Å². The van der Waals surface area contributed by atoms with Gasteiger partial charge in [0, 0.05) is 56.9 Å². The molecule has 0 radical (unpaired) electrons. The zero-order chi connectivity index (χ0) is 18.8. The topological polar surface area (TPSA) is 35.5 Å². The molecule has 1 aliphatic carbocycles. The number of nitrogens with zero attached hydrogens (tertiary/aromatic N) is 5. The van der Waals surface area contributed by atoms with E-state index >= 15 is 0 Å². The first-order valence-corrected chi connectivity index (χ1v) is 11.2. The maximum absolute atomic E-state index is 4.73. The minimum absolute atomic E-state index is 0.627. The second kappa shape index (κ2) is 8.44.